The number of sulfonamides is 1. The van der Waals surface area contributed by atoms with Crippen molar-refractivity contribution >= 4 is 44.4 Å². The molecule has 0 radical (unpaired) electrons. The van der Waals surface area contributed by atoms with E-state index in [9.17, 15) is 8.42 Å². The molecule has 3 fully saturated rings. The monoisotopic (exact) mass is 347 g/mol. The largest absolute Gasteiger partial charge is 0.365 e. The van der Waals surface area contributed by atoms with Gasteiger partial charge in [0.1, 0.15) is 0 Å². The maximum absolute atomic E-state index is 11.6. The molecule has 3 aliphatic heterocycles. The molecular formula is C7H10INO3S2. The van der Waals surface area contributed by atoms with E-state index in [2.05, 4.69) is 27.3 Å². The van der Waals surface area contributed by atoms with Crippen molar-refractivity contribution in [1.82, 2.24) is 4.72 Å². The first-order valence-electron chi connectivity index (χ1n) is 4.47. The average molecular weight is 347 g/mol. The average Bonchev–Trinajstić information content (AvgIpc) is 2.68. The van der Waals surface area contributed by atoms with Crippen molar-refractivity contribution < 1.29 is 13.2 Å². The molecule has 4 nitrogen and oxygen atoms in total. The van der Waals surface area contributed by atoms with Crippen LogP contribution in [-0.2, 0) is 14.8 Å². The van der Waals surface area contributed by atoms with Crippen LogP contribution in [0.15, 0.2) is 0 Å². The minimum absolute atomic E-state index is 0.0310. The molecule has 0 aromatic heterocycles. The van der Waals surface area contributed by atoms with E-state index < -0.39 is 10.0 Å². The molecule has 5 unspecified atom stereocenters. The zero-order valence-electron chi connectivity index (χ0n) is 7.22. The van der Waals surface area contributed by atoms with Crippen LogP contribution in [0.2, 0.25) is 0 Å². The molecule has 0 aromatic rings. The first-order chi connectivity index (χ1) is 6.63. The Morgan fingerprint density at radius 3 is 3.07 bits per heavy atom. The van der Waals surface area contributed by atoms with Gasteiger partial charge in [0, 0.05) is 10.5 Å². The van der Waals surface area contributed by atoms with E-state index >= 15 is 0 Å². The molecule has 7 heteroatoms. The lowest BCUT2D eigenvalue weighted by molar-refractivity contribution is 0.0683. The summed E-state index contributed by atoms with van der Waals surface area (Å²) in [4.78, 5) is 0. The van der Waals surface area contributed by atoms with Crippen molar-refractivity contribution in [3.8, 4) is 0 Å². The number of ether oxygens (including phenoxy) is 1. The molecule has 3 saturated heterocycles. The summed E-state index contributed by atoms with van der Waals surface area (Å²) < 4.78 is 32.3. The molecule has 0 saturated carbocycles. The summed E-state index contributed by atoms with van der Waals surface area (Å²) in [6.45, 7) is 0. The molecule has 0 aliphatic carbocycles. The van der Waals surface area contributed by atoms with Crippen LogP contribution in [0.1, 0.15) is 6.42 Å². The molecule has 0 amide bonds. The predicted octanol–water partition coefficient (Wildman–Crippen LogP) is 0.322. The molecule has 1 N–H and O–H groups in total. The van der Waals surface area contributed by atoms with Gasteiger partial charge in [-0.15, -0.1) is 11.8 Å². The molecule has 3 rings (SSSR count). The quantitative estimate of drug-likeness (QED) is 0.578. The summed E-state index contributed by atoms with van der Waals surface area (Å²) >= 11 is 3.95. The van der Waals surface area contributed by atoms with Crippen LogP contribution in [0, 0.1) is 0 Å². The number of rotatable bonds is 2. The summed E-state index contributed by atoms with van der Waals surface area (Å²) in [5, 5.41) is 0.462. The van der Waals surface area contributed by atoms with Gasteiger partial charge < -0.3 is 4.74 Å². The lowest BCUT2D eigenvalue weighted by Gasteiger charge is -2.23. The second-order valence-corrected chi connectivity index (χ2v) is 7.82. The molecule has 0 aromatic carbocycles. The van der Waals surface area contributed by atoms with E-state index in [1.807, 2.05) is 0 Å². The molecule has 3 aliphatic rings. The minimum Gasteiger partial charge on any atom is -0.365 e. The van der Waals surface area contributed by atoms with Crippen molar-refractivity contribution in [2.45, 2.75) is 34.3 Å². The van der Waals surface area contributed by atoms with E-state index in [-0.39, 0.29) is 22.6 Å². The van der Waals surface area contributed by atoms with Gasteiger partial charge in [0.15, 0.2) is 0 Å². The first-order valence-corrected chi connectivity index (χ1v) is 8.49. The van der Waals surface area contributed by atoms with Crippen LogP contribution < -0.4 is 4.72 Å². The van der Waals surface area contributed by atoms with Crippen LogP contribution in [0.5, 0.6) is 0 Å². The number of nitrogens with one attached hydrogen (secondary N) is 1. The van der Waals surface area contributed by atoms with Crippen molar-refractivity contribution in [2.75, 3.05) is 4.61 Å². The zero-order chi connectivity index (χ0) is 9.92. The number of halogens is 1. The predicted molar refractivity (Wildman–Crippen MR) is 63.2 cm³/mol. The standard InChI is InChI=1S/C7H10INO3S2/c8-2-12-6-3-1-4-7(13-3)5(6)9-14(4,10)11/h3-7,9H,1-2H2. The Labute approximate surface area is 101 Å². The second kappa shape index (κ2) is 3.22. The van der Waals surface area contributed by atoms with Crippen molar-refractivity contribution in [3.63, 3.8) is 0 Å². The van der Waals surface area contributed by atoms with Gasteiger partial charge in [0.2, 0.25) is 10.0 Å². The number of hydrogen-bond acceptors (Lipinski definition) is 4. The van der Waals surface area contributed by atoms with Crippen molar-refractivity contribution in [2.24, 2.45) is 0 Å². The number of alkyl halides is 1. The van der Waals surface area contributed by atoms with Crippen molar-refractivity contribution in [3.05, 3.63) is 0 Å². The van der Waals surface area contributed by atoms with Gasteiger partial charge in [0.25, 0.3) is 0 Å². The van der Waals surface area contributed by atoms with Gasteiger partial charge in [-0.2, -0.15) is 0 Å². The first kappa shape index (κ1) is 10.1. The molecule has 5 atom stereocenters. The minimum atomic E-state index is -3.04. The van der Waals surface area contributed by atoms with Gasteiger partial charge in [0.05, 0.1) is 22.0 Å². The highest BCUT2D eigenvalue weighted by Gasteiger charge is 2.63. The Morgan fingerprint density at radius 2 is 2.36 bits per heavy atom. The fourth-order valence-electron chi connectivity index (χ4n) is 2.65. The molecular weight excluding hydrogens is 337 g/mol. The van der Waals surface area contributed by atoms with Gasteiger partial charge >= 0.3 is 0 Å². The van der Waals surface area contributed by atoms with Crippen LogP contribution >= 0.6 is 34.4 Å². The third kappa shape index (κ3) is 1.22. The fraction of sp³-hybridized carbons (Fsp3) is 1.00. The summed E-state index contributed by atoms with van der Waals surface area (Å²) in [7, 11) is -3.04. The lowest BCUT2D eigenvalue weighted by Crippen LogP contribution is -2.43. The third-order valence-corrected chi connectivity index (χ3v) is 7.35. The number of hydrogen-bond donors (Lipinski definition) is 1. The van der Waals surface area contributed by atoms with Crippen LogP contribution in [-0.4, -0.2) is 40.9 Å². The fourth-order valence-corrected chi connectivity index (χ4v) is 7.53. The molecule has 3 heterocycles. The Bertz CT molecular complexity index is 360. The zero-order valence-corrected chi connectivity index (χ0v) is 11.0. The summed E-state index contributed by atoms with van der Waals surface area (Å²) in [5.74, 6) is 0. The van der Waals surface area contributed by atoms with E-state index in [1.165, 1.54) is 0 Å². The van der Waals surface area contributed by atoms with Crippen molar-refractivity contribution in [1.29, 1.82) is 0 Å². The normalized spacial score (nSPS) is 52.8. The summed E-state index contributed by atoms with van der Waals surface area (Å²) in [5.41, 5.74) is 0. The highest BCUT2D eigenvalue weighted by molar-refractivity contribution is 14.1. The maximum atomic E-state index is 11.6. The SMILES string of the molecule is O=S1(=O)NC2C(OCI)C3CC1C2S3. The Hall–Kier alpha value is 0.950. The van der Waals surface area contributed by atoms with E-state index in [1.54, 1.807) is 11.8 Å². The Balaban J connectivity index is 1.93. The van der Waals surface area contributed by atoms with Gasteiger partial charge in [-0.3, -0.25) is 0 Å². The lowest BCUT2D eigenvalue weighted by atomic mass is 9.93. The highest BCUT2D eigenvalue weighted by Crippen LogP contribution is 2.53. The van der Waals surface area contributed by atoms with Gasteiger partial charge in [-0.05, 0) is 6.42 Å². The molecule has 2 bridgehead atoms. The summed E-state index contributed by atoms with van der Waals surface area (Å²) in [6.07, 6.45) is 0.859. The highest BCUT2D eigenvalue weighted by atomic mass is 127. The Kier molecular flexibility index (Phi) is 2.33. The maximum Gasteiger partial charge on any atom is 0.216 e. The smallest absolute Gasteiger partial charge is 0.216 e. The number of thioether (sulfide) groups is 1. The van der Waals surface area contributed by atoms with E-state index in [4.69, 9.17) is 4.74 Å². The molecule has 80 valence electrons. The molecule has 0 spiro atoms. The van der Waals surface area contributed by atoms with Gasteiger partial charge in [-0.1, -0.05) is 22.6 Å². The third-order valence-electron chi connectivity index (χ3n) is 3.19. The molecule has 14 heavy (non-hydrogen) atoms. The number of fused-ring (bicyclic) bond motifs is 1. The topological polar surface area (TPSA) is 55.4 Å². The van der Waals surface area contributed by atoms with Crippen LogP contribution in [0.25, 0.3) is 0 Å². The second-order valence-electron chi connectivity index (χ2n) is 3.84. The Morgan fingerprint density at radius 1 is 1.57 bits per heavy atom. The van der Waals surface area contributed by atoms with Crippen LogP contribution in [0.3, 0.4) is 0 Å². The van der Waals surface area contributed by atoms with E-state index in [0.29, 0.717) is 9.86 Å². The van der Waals surface area contributed by atoms with E-state index in [0.717, 1.165) is 6.42 Å². The summed E-state index contributed by atoms with van der Waals surface area (Å²) in [6, 6.07) is 0.0310. The van der Waals surface area contributed by atoms with Gasteiger partial charge in [-0.25, -0.2) is 13.1 Å². The van der Waals surface area contributed by atoms with Crippen LogP contribution in [0.4, 0.5) is 0 Å².